The van der Waals surface area contributed by atoms with Crippen LogP contribution in [-0.4, -0.2) is 34.7 Å². The van der Waals surface area contributed by atoms with Crippen LogP contribution in [0.1, 0.15) is 41.5 Å². The first-order valence-corrected chi connectivity index (χ1v) is 8.43. The van der Waals surface area contributed by atoms with Crippen LogP contribution in [0.25, 0.3) is 0 Å². The van der Waals surface area contributed by atoms with Crippen LogP contribution in [0.15, 0.2) is 24.5 Å². The van der Waals surface area contributed by atoms with Crippen LogP contribution < -0.4 is 4.90 Å². The third-order valence-corrected chi connectivity index (χ3v) is 4.76. The van der Waals surface area contributed by atoms with Gasteiger partial charge in [-0.3, -0.25) is 4.98 Å². The molecule has 1 unspecified atom stereocenters. The summed E-state index contributed by atoms with van der Waals surface area (Å²) < 4.78 is 5.65. The lowest BCUT2D eigenvalue weighted by molar-refractivity contribution is 0.146. The zero-order valence-electron chi connectivity index (χ0n) is 13.5. The summed E-state index contributed by atoms with van der Waals surface area (Å²) in [6.45, 7) is 4.56. The zero-order chi connectivity index (χ0) is 15.6. The van der Waals surface area contributed by atoms with Gasteiger partial charge in [0.05, 0.1) is 24.9 Å². The summed E-state index contributed by atoms with van der Waals surface area (Å²) in [5.41, 5.74) is 3.73. The number of rotatable bonds is 2. The van der Waals surface area contributed by atoms with Gasteiger partial charge in [-0.15, -0.1) is 0 Å². The third-order valence-electron chi connectivity index (χ3n) is 4.76. The van der Waals surface area contributed by atoms with Gasteiger partial charge in [0.1, 0.15) is 11.6 Å². The first kappa shape index (κ1) is 14.6. The summed E-state index contributed by atoms with van der Waals surface area (Å²) in [5.74, 6) is 1.97. The molecule has 0 bridgehead atoms. The molecule has 0 N–H and O–H groups in total. The second-order valence-corrected chi connectivity index (χ2v) is 6.27. The Morgan fingerprint density at radius 2 is 2.13 bits per heavy atom. The number of pyridine rings is 1. The Morgan fingerprint density at radius 1 is 1.22 bits per heavy atom. The first-order chi connectivity index (χ1) is 11.3. The van der Waals surface area contributed by atoms with Crippen LogP contribution >= 0.6 is 0 Å². The molecule has 0 aliphatic carbocycles. The SMILES string of the molecule is Cc1nc2c(c(N3CCCC3c3cccnc3)n1)CCOCC2. The molecule has 4 rings (SSSR count). The van der Waals surface area contributed by atoms with Crippen LogP contribution in [0.3, 0.4) is 0 Å². The van der Waals surface area contributed by atoms with Gasteiger partial charge in [-0.05, 0) is 31.4 Å². The molecule has 0 amide bonds. The fourth-order valence-corrected chi connectivity index (χ4v) is 3.72. The maximum absolute atomic E-state index is 5.65. The monoisotopic (exact) mass is 310 g/mol. The molecular weight excluding hydrogens is 288 g/mol. The van der Waals surface area contributed by atoms with E-state index in [1.165, 1.54) is 23.2 Å². The third kappa shape index (κ3) is 2.81. The summed E-state index contributed by atoms with van der Waals surface area (Å²) in [6, 6.07) is 4.56. The molecule has 1 fully saturated rings. The largest absolute Gasteiger partial charge is 0.381 e. The Kier molecular flexibility index (Phi) is 3.95. The fourth-order valence-electron chi connectivity index (χ4n) is 3.72. The highest BCUT2D eigenvalue weighted by atomic mass is 16.5. The van der Waals surface area contributed by atoms with Gasteiger partial charge in [0.2, 0.25) is 0 Å². The van der Waals surface area contributed by atoms with Gasteiger partial charge in [0.15, 0.2) is 0 Å². The van der Waals surface area contributed by atoms with Crippen molar-refractivity contribution in [3.8, 4) is 0 Å². The van der Waals surface area contributed by atoms with Crippen molar-refractivity contribution in [1.29, 1.82) is 0 Å². The predicted molar refractivity (Wildman–Crippen MR) is 88.6 cm³/mol. The van der Waals surface area contributed by atoms with Gasteiger partial charge in [-0.2, -0.15) is 0 Å². The van der Waals surface area contributed by atoms with E-state index in [1.54, 1.807) is 0 Å². The molecule has 0 aromatic carbocycles. The van der Waals surface area contributed by atoms with Gasteiger partial charge in [0.25, 0.3) is 0 Å². The fraction of sp³-hybridized carbons (Fsp3) is 0.500. The normalized spacial score (nSPS) is 21.1. The minimum Gasteiger partial charge on any atom is -0.381 e. The van der Waals surface area contributed by atoms with E-state index in [0.29, 0.717) is 6.04 Å². The smallest absolute Gasteiger partial charge is 0.136 e. The summed E-state index contributed by atoms with van der Waals surface area (Å²) in [6.07, 6.45) is 7.95. The Bertz CT molecular complexity index is 689. The molecular formula is C18H22N4O. The number of nitrogens with zero attached hydrogens (tertiary/aromatic N) is 4. The minimum absolute atomic E-state index is 0.367. The number of aryl methyl sites for hydroxylation is 1. The minimum atomic E-state index is 0.367. The molecule has 4 heterocycles. The van der Waals surface area contributed by atoms with Crippen LogP contribution in [0.4, 0.5) is 5.82 Å². The summed E-state index contributed by atoms with van der Waals surface area (Å²) >= 11 is 0. The number of ether oxygens (including phenoxy) is 1. The summed E-state index contributed by atoms with van der Waals surface area (Å²) in [7, 11) is 0. The first-order valence-electron chi connectivity index (χ1n) is 8.43. The molecule has 2 aliphatic heterocycles. The van der Waals surface area contributed by atoms with Crippen LogP contribution in [0.2, 0.25) is 0 Å². The maximum Gasteiger partial charge on any atom is 0.136 e. The van der Waals surface area contributed by atoms with Crippen LogP contribution in [0, 0.1) is 6.92 Å². The molecule has 1 atom stereocenters. The highest BCUT2D eigenvalue weighted by Crippen LogP contribution is 2.37. The van der Waals surface area contributed by atoms with E-state index in [9.17, 15) is 0 Å². The van der Waals surface area contributed by atoms with Crippen molar-refractivity contribution in [1.82, 2.24) is 15.0 Å². The molecule has 23 heavy (non-hydrogen) atoms. The van der Waals surface area contributed by atoms with E-state index in [0.717, 1.165) is 50.7 Å². The van der Waals surface area contributed by atoms with E-state index >= 15 is 0 Å². The lowest BCUT2D eigenvalue weighted by Gasteiger charge is -2.28. The number of anilines is 1. The van der Waals surface area contributed by atoms with Crippen molar-refractivity contribution in [3.05, 3.63) is 47.2 Å². The van der Waals surface area contributed by atoms with Crippen molar-refractivity contribution in [2.24, 2.45) is 0 Å². The number of hydrogen-bond donors (Lipinski definition) is 0. The number of fused-ring (bicyclic) bond motifs is 1. The van der Waals surface area contributed by atoms with Crippen LogP contribution in [-0.2, 0) is 17.6 Å². The molecule has 120 valence electrons. The van der Waals surface area contributed by atoms with Crippen molar-refractivity contribution >= 4 is 5.82 Å². The molecule has 2 aromatic heterocycles. The zero-order valence-corrected chi connectivity index (χ0v) is 13.5. The van der Waals surface area contributed by atoms with Gasteiger partial charge in [-0.1, -0.05) is 6.07 Å². The lowest BCUT2D eigenvalue weighted by atomic mass is 10.0. The molecule has 5 nitrogen and oxygen atoms in total. The van der Waals surface area contributed by atoms with Crippen molar-refractivity contribution in [2.45, 2.75) is 38.6 Å². The molecule has 2 aliphatic rings. The van der Waals surface area contributed by atoms with E-state index in [1.807, 2.05) is 25.4 Å². The predicted octanol–water partition coefficient (Wildman–Crippen LogP) is 2.64. The van der Waals surface area contributed by atoms with Gasteiger partial charge < -0.3 is 9.64 Å². The summed E-state index contributed by atoms with van der Waals surface area (Å²) in [4.78, 5) is 16.3. The summed E-state index contributed by atoms with van der Waals surface area (Å²) in [5, 5.41) is 0. The van der Waals surface area contributed by atoms with E-state index in [-0.39, 0.29) is 0 Å². The molecule has 2 aromatic rings. The van der Waals surface area contributed by atoms with Gasteiger partial charge in [-0.25, -0.2) is 9.97 Å². The average molecular weight is 310 g/mol. The van der Waals surface area contributed by atoms with E-state index < -0.39 is 0 Å². The van der Waals surface area contributed by atoms with Crippen molar-refractivity contribution in [3.63, 3.8) is 0 Å². The van der Waals surface area contributed by atoms with Gasteiger partial charge >= 0.3 is 0 Å². The highest BCUT2D eigenvalue weighted by molar-refractivity contribution is 5.53. The Morgan fingerprint density at radius 3 is 3.00 bits per heavy atom. The number of hydrogen-bond acceptors (Lipinski definition) is 5. The van der Waals surface area contributed by atoms with Crippen molar-refractivity contribution in [2.75, 3.05) is 24.7 Å². The van der Waals surface area contributed by atoms with Gasteiger partial charge in [0, 0.05) is 37.3 Å². The second-order valence-electron chi connectivity index (χ2n) is 6.27. The maximum atomic E-state index is 5.65. The Balaban J connectivity index is 1.76. The number of aromatic nitrogens is 3. The highest BCUT2D eigenvalue weighted by Gasteiger charge is 2.30. The second kappa shape index (κ2) is 6.24. The Hall–Kier alpha value is -2.01. The molecule has 5 heteroatoms. The molecule has 0 saturated carbocycles. The molecule has 0 radical (unpaired) electrons. The van der Waals surface area contributed by atoms with Crippen LogP contribution in [0.5, 0.6) is 0 Å². The van der Waals surface area contributed by atoms with E-state index in [2.05, 4.69) is 20.9 Å². The molecule has 0 spiro atoms. The van der Waals surface area contributed by atoms with E-state index in [4.69, 9.17) is 9.72 Å². The quantitative estimate of drug-likeness (QED) is 0.853. The lowest BCUT2D eigenvalue weighted by Crippen LogP contribution is -2.26. The Labute approximate surface area is 136 Å². The topological polar surface area (TPSA) is 51.1 Å². The molecule has 1 saturated heterocycles. The standard InChI is InChI=1S/C18H22N4O/c1-13-20-16-7-11-23-10-6-15(16)18(21-13)22-9-3-5-17(22)14-4-2-8-19-12-14/h2,4,8,12,17H,3,5-7,9-11H2,1H3. The average Bonchev–Trinajstić information content (AvgIpc) is 2.94. The van der Waals surface area contributed by atoms with Crippen molar-refractivity contribution < 1.29 is 4.74 Å².